The number of aliphatic hydroxyl groups is 1. The molecule has 0 saturated heterocycles. The molecule has 0 bridgehead atoms. The van der Waals surface area contributed by atoms with Crippen LogP contribution in [-0.2, 0) is 6.61 Å². The molecule has 2 aromatic rings. The van der Waals surface area contributed by atoms with E-state index in [9.17, 15) is 0 Å². The number of rotatable bonds is 5. The molecule has 0 amide bonds. The van der Waals surface area contributed by atoms with Crippen molar-refractivity contribution in [3.63, 3.8) is 0 Å². The van der Waals surface area contributed by atoms with Crippen molar-refractivity contribution < 1.29 is 19.3 Å². The number of ether oxygens (including phenoxy) is 3. The highest BCUT2D eigenvalue weighted by molar-refractivity contribution is 5.30. The van der Waals surface area contributed by atoms with E-state index < -0.39 is 0 Å². The molecular weight excluding hydrogens is 248 g/mol. The summed E-state index contributed by atoms with van der Waals surface area (Å²) in [4.78, 5) is 8.11. The van der Waals surface area contributed by atoms with Crippen molar-refractivity contribution in [3.05, 3.63) is 35.9 Å². The van der Waals surface area contributed by atoms with E-state index in [0.29, 0.717) is 17.5 Å². The van der Waals surface area contributed by atoms with E-state index in [-0.39, 0.29) is 12.6 Å². The van der Waals surface area contributed by atoms with Gasteiger partial charge in [0, 0.05) is 0 Å². The van der Waals surface area contributed by atoms with E-state index in [1.165, 1.54) is 14.2 Å². The molecule has 0 spiro atoms. The standard InChI is InChI=1S/C13H14N2O4/c1-17-11-7-12(18-2)15-13(14-11)19-10-5-3-9(8-16)4-6-10/h3-7,16H,8H2,1-2H3. The van der Waals surface area contributed by atoms with Crippen LogP contribution in [0.5, 0.6) is 23.5 Å². The van der Waals surface area contributed by atoms with Crippen LogP contribution in [0.1, 0.15) is 5.56 Å². The summed E-state index contributed by atoms with van der Waals surface area (Å²) in [5, 5.41) is 8.96. The first-order chi connectivity index (χ1) is 9.25. The molecule has 19 heavy (non-hydrogen) atoms. The van der Waals surface area contributed by atoms with Crippen LogP contribution >= 0.6 is 0 Å². The van der Waals surface area contributed by atoms with Gasteiger partial charge in [0.25, 0.3) is 0 Å². The van der Waals surface area contributed by atoms with Gasteiger partial charge >= 0.3 is 6.01 Å². The lowest BCUT2D eigenvalue weighted by molar-refractivity contribution is 0.281. The molecule has 100 valence electrons. The van der Waals surface area contributed by atoms with Crippen molar-refractivity contribution in [1.82, 2.24) is 9.97 Å². The molecule has 6 heteroatoms. The Bertz CT molecular complexity index is 521. The molecule has 0 saturated carbocycles. The largest absolute Gasteiger partial charge is 0.481 e. The summed E-state index contributed by atoms with van der Waals surface area (Å²) in [7, 11) is 3.00. The Morgan fingerprint density at radius 2 is 1.58 bits per heavy atom. The molecular formula is C13H14N2O4. The summed E-state index contributed by atoms with van der Waals surface area (Å²) in [5.41, 5.74) is 0.802. The molecule has 0 unspecified atom stereocenters. The topological polar surface area (TPSA) is 73.7 Å². The van der Waals surface area contributed by atoms with Crippen molar-refractivity contribution in [2.45, 2.75) is 6.61 Å². The molecule has 0 atom stereocenters. The zero-order chi connectivity index (χ0) is 13.7. The second-order valence-electron chi connectivity index (χ2n) is 3.64. The van der Waals surface area contributed by atoms with Crippen LogP contribution in [0.4, 0.5) is 0 Å². The first kappa shape index (κ1) is 13.1. The number of hydrogen-bond donors (Lipinski definition) is 1. The SMILES string of the molecule is COc1cc(OC)nc(Oc2ccc(CO)cc2)n1. The molecule has 0 aliphatic carbocycles. The minimum Gasteiger partial charge on any atom is -0.481 e. The average molecular weight is 262 g/mol. The van der Waals surface area contributed by atoms with Crippen LogP contribution in [0.2, 0.25) is 0 Å². The molecule has 2 rings (SSSR count). The highest BCUT2D eigenvalue weighted by atomic mass is 16.5. The van der Waals surface area contributed by atoms with Crippen LogP contribution in [-0.4, -0.2) is 29.3 Å². The predicted octanol–water partition coefficient (Wildman–Crippen LogP) is 1.78. The second-order valence-corrected chi connectivity index (χ2v) is 3.64. The number of nitrogens with zero attached hydrogens (tertiary/aromatic N) is 2. The number of hydrogen-bond acceptors (Lipinski definition) is 6. The third-order valence-electron chi connectivity index (χ3n) is 2.39. The van der Waals surface area contributed by atoms with Crippen molar-refractivity contribution >= 4 is 0 Å². The van der Waals surface area contributed by atoms with Crippen LogP contribution < -0.4 is 14.2 Å². The van der Waals surface area contributed by atoms with Gasteiger partial charge in [0.15, 0.2) is 0 Å². The van der Waals surface area contributed by atoms with Gasteiger partial charge in [-0.3, -0.25) is 0 Å². The summed E-state index contributed by atoms with van der Waals surface area (Å²) in [6.45, 7) is -0.0102. The predicted molar refractivity (Wildman–Crippen MR) is 67.6 cm³/mol. The van der Waals surface area contributed by atoms with Crippen LogP contribution in [0, 0.1) is 0 Å². The van der Waals surface area contributed by atoms with Crippen molar-refractivity contribution in [3.8, 4) is 23.5 Å². The van der Waals surface area contributed by atoms with Crippen molar-refractivity contribution in [1.29, 1.82) is 0 Å². The smallest absolute Gasteiger partial charge is 0.328 e. The zero-order valence-corrected chi connectivity index (χ0v) is 10.7. The fourth-order valence-corrected chi connectivity index (χ4v) is 1.41. The summed E-state index contributed by atoms with van der Waals surface area (Å²) in [5.74, 6) is 1.27. The lowest BCUT2D eigenvalue weighted by atomic mass is 10.2. The molecule has 0 fully saturated rings. The Morgan fingerprint density at radius 3 is 2.05 bits per heavy atom. The highest BCUT2D eigenvalue weighted by Crippen LogP contribution is 2.23. The van der Waals surface area contributed by atoms with E-state index in [1.807, 2.05) is 0 Å². The van der Waals surface area contributed by atoms with Crippen molar-refractivity contribution in [2.24, 2.45) is 0 Å². The maximum Gasteiger partial charge on any atom is 0.328 e. The fraction of sp³-hybridized carbons (Fsp3) is 0.231. The van der Waals surface area contributed by atoms with Gasteiger partial charge in [0.2, 0.25) is 11.8 Å². The molecule has 0 aliphatic heterocycles. The highest BCUT2D eigenvalue weighted by Gasteiger charge is 2.07. The minimum atomic E-state index is -0.0102. The third-order valence-corrected chi connectivity index (χ3v) is 2.39. The second kappa shape index (κ2) is 6.01. The molecule has 0 aliphatic rings. The van der Waals surface area contributed by atoms with Crippen LogP contribution in [0.25, 0.3) is 0 Å². The van der Waals surface area contributed by atoms with Gasteiger partial charge in [-0.2, -0.15) is 9.97 Å². The van der Waals surface area contributed by atoms with Gasteiger partial charge in [0.05, 0.1) is 26.9 Å². The van der Waals surface area contributed by atoms with E-state index in [1.54, 1.807) is 30.3 Å². The normalized spacial score (nSPS) is 10.1. The molecule has 1 aromatic heterocycles. The Hall–Kier alpha value is -2.34. The molecule has 1 N–H and O–H groups in total. The fourth-order valence-electron chi connectivity index (χ4n) is 1.41. The number of benzene rings is 1. The van der Waals surface area contributed by atoms with Gasteiger partial charge in [-0.15, -0.1) is 0 Å². The first-order valence-electron chi connectivity index (χ1n) is 5.60. The Kier molecular flexibility index (Phi) is 4.15. The number of aliphatic hydroxyl groups excluding tert-OH is 1. The first-order valence-corrected chi connectivity index (χ1v) is 5.60. The zero-order valence-electron chi connectivity index (χ0n) is 10.7. The van der Waals surface area contributed by atoms with Gasteiger partial charge in [0.1, 0.15) is 5.75 Å². The molecule has 1 heterocycles. The molecule has 6 nitrogen and oxygen atoms in total. The summed E-state index contributed by atoms with van der Waals surface area (Å²) in [6.07, 6.45) is 0. The number of aromatic nitrogens is 2. The molecule has 0 radical (unpaired) electrons. The summed E-state index contributed by atoms with van der Waals surface area (Å²) >= 11 is 0. The van der Waals surface area contributed by atoms with Gasteiger partial charge in [-0.1, -0.05) is 12.1 Å². The third kappa shape index (κ3) is 3.32. The number of methoxy groups -OCH3 is 2. The average Bonchev–Trinajstić information content (AvgIpc) is 2.47. The Balaban J connectivity index is 2.21. The maximum absolute atomic E-state index is 8.96. The van der Waals surface area contributed by atoms with Crippen LogP contribution in [0.15, 0.2) is 30.3 Å². The minimum absolute atomic E-state index is 0.0102. The van der Waals surface area contributed by atoms with Gasteiger partial charge < -0.3 is 19.3 Å². The lowest BCUT2D eigenvalue weighted by Crippen LogP contribution is -1.98. The van der Waals surface area contributed by atoms with E-state index in [4.69, 9.17) is 19.3 Å². The monoisotopic (exact) mass is 262 g/mol. The summed E-state index contributed by atoms with van der Waals surface area (Å²) < 4.78 is 15.6. The van der Waals surface area contributed by atoms with Gasteiger partial charge in [-0.05, 0) is 17.7 Å². The van der Waals surface area contributed by atoms with Crippen LogP contribution in [0.3, 0.4) is 0 Å². The van der Waals surface area contributed by atoms with Crippen molar-refractivity contribution in [2.75, 3.05) is 14.2 Å². The van der Waals surface area contributed by atoms with E-state index in [0.717, 1.165) is 5.56 Å². The van der Waals surface area contributed by atoms with Gasteiger partial charge in [-0.25, -0.2) is 0 Å². The Labute approximate surface area is 110 Å². The van der Waals surface area contributed by atoms with E-state index in [2.05, 4.69) is 9.97 Å². The van der Waals surface area contributed by atoms with E-state index >= 15 is 0 Å². The maximum atomic E-state index is 8.96. The Morgan fingerprint density at radius 1 is 1.00 bits per heavy atom. The summed E-state index contributed by atoms with van der Waals surface area (Å²) in [6, 6.07) is 8.65. The lowest BCUT2D eigenvalue weighted by Gasteiger charge is -2.07. The quantitative estimate of drug-likeness (QED) is 0.885. The molecule has 1 aromatic carbocycles.